The molecule has 4 amide bonds. The van der Waals surface area contributed by atoms with Crippen molar-refractivity contribution >= 4 is 167 Å². The number of Topliss-reactive ketones (excluding diaryl/α,β-unsaturated/α-hetero) is 1. The maximum atomic E-state index is 12.4. The Bertz CT molecular complexity index is 5090. The van der Waals surface area contributed by atoms with Gasteiger partial charge in [0.25, 0.3) is 11.8 Å². The number of likely N-dealkylation sites (tertiary alicyclic amines) is 2. The number of amides is 4. The summed E-state index contributed by atoms with van der Waals surface area (Å²) in [6.07, 6.45) is 16.5. The van der Waals surface area contributed by atoms with E-state index in [9.17, 15) is 24.0 Å². The number of terminal acetylenes is 1. The van der Waals surface area contributed by atoms with E-state index in [4.69, 9.17) is 43.6 Å². The summed E-state index contributed by atoms with van der Waals surface area (Å²) >= 11 is 13.4. The fraction of sp³-hybridized carbons (Fsp3) is 0.247. The molecular formula is C77H80Br4N20O8. The van der Waals surface area contributed by atoms with Crippen molar-refractivity contribution in [3.63, 3.8) is 0 Å². The Labute approximate surface area is 663 Å². The first-order valence-electron chi connectivity index (χ1n) is 33.3. The molecule has 2 aliphatic rings. The highest BCUT2D eigenvalue weighted by Gasteiger charge is 2.39. The summed E-state index contributed by atoms with van der Waals surface area (Å²) in [5, 5.41) is 14.9. The van der Waals surface area contributed by atoms with Gasteiger partial charge in [-0.25, -0.2) is 29.3 Å². The summed E-state index contributed by atoms with van der Waals surface area (Å²) in [5.74, 6) is 7.27. The zero-order chi connectivity index (χ0) is 79.8. The van der Waals surface area contributed by atoms with Gasteiger partial charge < -0.3 is 52.8 Å². The molecule has 0 saturated carbocycles. The average Bonchev–Trinajstić information content (AvgIpc) is 1.64. The maximum absolute atomic E-state index is 12.4. The minimum Gasteiger partial charge on any atom is -0.397 e. The number of nitrogen functional groups attached to an aromatic ring is 2. The van der Waals surface area contributed by atoms with E-state index in [1.54, 1.807) is 84.4 Å². The van der Waals surface area contributed by atoms with E-state index in [1.165, 1.54) is 19.1 Å². The molecular weight excluding hydrogens is 1650 g/mol. The molecule has 564 valence electrons. The summed E-state index contributed by atoms with van der Waals surface area (Å²) in [7, 11) is 6.53. The van der Waals surface area contributed by atoms with Crippen LogP contribution >= 0.6 is 63.7 Å². The van der Waals surface area contributed by atoms with Crippen molar-refractivity contribution in [2.75, 3.05) is 76.7 Å². The van der Waals surface area contributed by atoms with Crippen LogP contribution in [0.2, 0.25) is 0 Å². The third kappa shape index (κ3) is 23.4. The normalized spacial score (nSPS) is 14.4. The van der Waals surface area contributed by atoms with Gasteiger partial charge >= 0.3 is 0 Å². The van der Waals surface area contributed by atoms with Crippen LogP contribution in [0.1, 0.15) is 92.3 Å². The summed E-state index contributed by atoms with van der Waals surface area (Å²) in [5.41, 5.74) is 35.6. The number of nitrogens with two attached hydrogens (primary N) is 4. The largest absolute Gasteiger partial charge is 0.397 e. The molecule has 2 saturated heterocycles. The van der Waals surface area contributed by atoms with Crippen LogP contribution in [0.25, 0.3) is 44.1 Å². The van der Waals surface area contributed by atoms with Crippen LogP contribution in [-0.4, -0.2) is 172 Å². The fourth-order valence-corrected chi connectivity index (χ4v) is 12.7. The van der Waals surface area contributed by atoms with Crippen molar-refractivity contribution in [1.82, 2.24) is 69.2 Å². The molecule has 0 unspecified atom stereocenters. The number of aryl methyl sites for hydroxylation is 4. The van der Waals surface area contributed by atoms with Crippen molar-refractivity contribution in [2.24, 2.45) is 11.5 Å². The molecule has 0 aliphatic carbocycles. The van der Waals surface area contributed by atoms with Gasteiger partial charge in [0.1, 0.15) is 28.5 Å². The van der Waals surface area contributed by atoms with E-state index < -0.39 is 17.6 Å². The van der Waals surface area contributed by atoms with Gasteiger partial charge in [-0.15, -0.1) is 6.42 Å². The Morgan fingerprint density at radius 2 is 0.908 bits per heavy atom. The first kappa shape index (κ1) is 85.0. The number of ketones is 1. The van der Waals surface area contributed by atoms with Crippen LogP contribution in [0.15, 0.2) is 159 Å². The van der Waals surface area contributed by atoms with Crippen molar-refractivity contribution in [3.05, 3.63) is 210 Å². The highest BCUT2D eigenvalue weighted by molar-refractivity contribution is 9.11. The van der Waals surface area contributed by atoms with E-state index in [0.29, 0.717) is 67.7 Å². The molecule has 10 N–H and O–H groups in total. The number of benzene rings is 5. The zero-order valence-electron chi connectivity index (χ0n) is 61.1. The van der Waals surface area contributed by atoms with Gasteiger partial charge in [-0.1, -0.05) is 82.8 Å². The second-order valence-electron chi connectivity index (χ2n) is 24.2. The summed E-state index contributed by atoms with van der Waals surface area (Å²) < 4.78 is 17.9. The molecule has 0 spiro atoms. The number of halogens is 4. The van der Waals surface area contributed by atoms with Crippen LogP contribution in [0.5, 0.6) is 0 Å². The summed E-state index contributed by atoms with van der Waals surface area (Å²) in [4.78, 5) is 105. The van der Waals surface area contributed by atoms with Crippen molar-refractivity contribution in [1.29, 1.82) is 0 Å². The fourth-order valence-electron chi connectivity index (χ4n) is 11.2. The number of carbonyl (C=O) groups is 6. The third-order valence-electron chi connectivity index (χ3n) is 16.1. The molecule has 2 fully saturated rings. The minimum atomic E-state index is -0.649. The van der Waals surface area contributed by atoms with E-state index in [-0.39, 0.29) is 64.8 Å². The standard InChI is InChI=1S/C25H27N7O3.C16H21N5O3.3C9H7BrN2.C6H7BrN2.C3H4O2/c1-5-22(33)31-13-17(11-18(31)14-35-4)32-25(27-3)23(24(26)34)20(30-32)9-7-16-6-8-19-21(10-16)29-15(2)12-28-19;1-5-12-14(15(17)23)16(18-3)21(19-12)10-7-11(9-24-4)20(8-10)13(22)6-2;1-6-5-11-9-4-7(10)2-3-8(9)12-6;2*1-6-5-11-8-3-2-7(10)4-9(8)12-6;7-4-1-2-5(8)6(9)3-4;1-3(5)2-4/h5-6,8,10,12,17-18,27H,1,11,13-14H2,2-4H3,(H2,26,34);1,6,10-11,18H,2,7-9H2,3-4H3,(H2,17,23);3*2-5H,1H3;1-3H,8-9H2;2H,1H3/t17-,18+;10-,11+;;;;;/m00...../s1. The molecule has 2 aliphatic heterocycles. The SMILES string of the molecule is C#Cc1nn([C@H]2C[C@H](COC)N(C(=O)C=C)C2)c(NC)c1C(N)=O.C=CC(=O)N1C[C@@H](n2nc(C#Cc3ccc4ncc(C)nc4c3)c(C(N)=O)c2NC)C[C@@H]1COC.CC(=O)C=O.Cc1cnc2cc(Br)ccc2n1.Cc1cnc2ccc(Br)cc2n1.Cc1cnc2ccc(Br)cc2n1.Nc1ccc(Br)cc1N. The van der Waals surface area contributed by atoms with E-state index >= 15 is 0 Å². The van der Waals surface area contributed by atoms with Gasteiger partial charge in [0.15, 0.2) is 17.8 Å². The molecule has 32 heteroatoms. The molecule has 5 aromatic carbocycles. The molecule has 28 nitrogen and oxygen atoms in total. The summed E-state index contributed by atoms with van der Waals surface area (Å²) in [6, 6.07) is 28.0. The van der Waals surface area contributed by atoms with E-state index in [1.807, 2.05) is 107 Å². The van der Waals surface area contributed by atoms with Gasteiger partial charge in [0.05, 0.1) is 116 Å². The molecule has 13 rings (SSSR count). The number of aldehydes is 1. The Morgan fingerprint density at radius 1 is 0.541 bits per heavy atom. The smallest absolute Gasteiger partial charge is 0.255 e. The van der Waals surface area contributed by atoms with Crippen molar-refractivity contribution < 1.29 is 38.2 Å². The molecule has 109 heavy (non-hydrogen) atoms. The molecule has 8 heterocycles. The Balaban J connectivity index is 0.000000192. The number of hydrogen-bond acceptors (Lipinski definition) is 22. The monoisotopic (exact) mass is 1730 g/mol. The molecule has 0 bridgehead atoms. The number of primary amides is 2. The highest BCUT2D eigenvalue weighted by Crippen LogP contribution is 2.35. The van der Waals surface area contributed by atoms with Crippen molar-refractivity contribution in [3.8, 4) is 24.2 Å². The topological polar surface area (TPSA) is 394 Å². The first-order chi connectivity index (χ1) is 52.1. The number of methoxy groups -OCH3 is 2. The minimum absolute atomic E-state index is 0.106. The number of carbonyl (C=O) groups excluding carboxylic acids is 6. The Morgan fingerprint density at radius 3 is 1.29 bits per heavy atom. The average molecular weight is 1730 g/mol. The van der Waals surface area contributed by atoms with Crippen LogP contribution in [0, 0.1) is 51.9 Å². The Hall–Kier alpha value is -11.3. The second-order valence-corrected chi connectivity index (χ2v) is 27.9. The van der Waals surface area contributed by atoms with Gasteiger partial charge in [0, 0.05) is 96.6 Å². The van der Waals surface area contributed by atoms with Crippen molar-refractivity contribution in [2.45, 2.75) is 71.6 Å². The van der Waals surface area contributed by atoms with E-state index in [2.05, 4.69) is 155 Å². The highest BCUT2D eigenvalue weighted by atomic mass is 79.9. The molecule has 6 aromatic heterocycles. The Kier molecular flexibility index (Phi) is 31.7. The van der Waals surface area contributed by atoms with Crippen LogP contribution in [0.3, 0.4) is 0 Å². The van der Waals surface area contributed by atoms with E-state index in [0.717, 1.165) is 84.8 Å². The second kappa shape index (κ2) is 40.6. The number of aromatic nitrogens is 12. The van der Waals surface area contributed by atoms with Crippen LogP contribution in [-0.2, 0) is 28.7 Å². The number of anilines is 4. The quantitative estimate of drug-likeness (QED) is 0.0205. The number of fused-ring (bicyclic) bond motifs is 4. The first-order valence-corrected chi connectivity index (χ1v) is 36.4. The number of hydrogen-bond donors (Lipinski definition) is 6. The lowest BCUT2D eigenvalue weighted by Crippen LogP contribution is -2.37. The van der Waals surface area contributed by atoms with Crippen LogP contribution in [0.4, 0.5) is 23.0 Å². The lowest BCUT2D eigenvalue weighted by Gasteiger charge is -2.22. The maximum Gasteiger partial charge on any atom is 0.255 e. The van der Waals surface area contributed by atoms with Gasteiger partial charge in [0.2, 0.25) is 11.8 Å². The predicted octanol–water partition coefficient (Wildman–Crippen LogP) is 11.1. The number of nitrogens with one attached hydrogen (secondary N) is 2. The predicted molar refractivity (Wildman–Crippen MR) is 437 cm³/mol. The molecule has 4 atom stereocenters. The lowest BCUT2D eigenvalue weighted by molar-refractivity contribution is -0.128. The number of ether oxygens (including phenoxy) is 2. The third-order valence-corrected chi connectivity index (χ3v) is 18.1. The van der Waals surface area contributed by atoms with Gasteiger partial charge in [-0.3, -0.25) is 48.7 Å². The molecule has 0 radical (unpaired) electrons. The number of nitrogens with zero attached hydrogens (tertiary/aromatic N) is 14. The molecule has 11 aromatic rings. The van der Waals surface area contributed by atoms with Gasteiger partial charge in [-0.05, 0) is 156 Å². The van der Waals surface area contributed by atoms with Crippen LogP contribution < -0.4 is 33.6 Å². The lowest BCUT2D eigenvalue weighted by atomic mass is 10.1. The van der Waals surface area contributed by atoms with Gasteiger partial charge in [-0.2, -0.15) is 10.2 Å². The summed E-state index contributed by atoms with van der Waals surface area (Å²) in [6.45, 7) is 17.6. The number of rotatable bonds is 13. The zero-order valence-corrected chi connectivity index (χ0v) is 67.4.